The summed E-state index contributed by atoms with van der Waals surface area (Å²) in [6, 6.07) is 0. The first-order valence-electron chi connectivity index (χ1n) is 6.11. The number of hydrogen-bond donors (Lipinski definition) is 0. The lowest BCUT2D eigenvalue weighted by atomic mass is 10.1. The third-order valence-corrected chi connectivity index (χ3v) is 2.31. The van der Waals surface area contributed by atoms with Crippen LogP contribution in [0.4, 0.5) is 0 Å². The fraction of sp³-hybridized carbons (Fsp3) is 0.923. The first kappa shape index (κ1) is 14.5. The summed E-state index contributed by atoms with van der Waals surface area (Å²) in [7, 11) is 0. The van der Waals surface area contributed by atoms with Crippen LogP contribution < -0.4 is 0 Å². The van der Waals surface area contributed by atoms with E-state index in [9.17, 15) is 4.79 Å². The van der Waals surface area contributed by atoms with Gasteiger partial charge in [-0.2, -0.15) is 0 Å². The number of carbonyl (C=O) groups excluding carboxylic acids is 1. The zero-order valence-electron chi connectivity index (χ0n) is 10.7. The van der Waals surface area contributed by atoms with Gasteiger partial charge >= 0.3 is 0 Å². The first-order valence-corrected chi connectivity index (χ1v) is 6.11. The molecule has 0 N–H and O–H groups in total. The van der Waals surface area contributed by atoms with E-state index in [0.717, 1.165) is 5.92 Å². The molecule has 1 rings (SSSR count). The Morgan fingerprint density at radius 3 is 2.13 bits per heavy atom. The van der Waals surface area contributed by atoms with E-state index in [1.165, 1.54) is 38.5 Å². The van der Waals surface area contributed by atoms with Crippen LogP contribution in [-0.4, -0.2) is 12.1 Å². The number of hydrogen-bond acceptors (Lipinski definition) is 2. The van der Waals surface area contributed by atoms with Gasteiger partial charge in [0, 0.05) is 0 Å². The van der Waals surface area contributed by atoms with E-state index < -0.39 is 0 Å². The van der Waals surface area contributed by atoms with Crippen molar-refractivity contribution in [2.24, 2.45) is 5.92 Å². The van der Waals surface area contributed by atoms with E-state index in [0.29, 0.717) is 6.47 Å². The molecule has 0 aliphatic heterocycles. The van der Waals surface area contributed by atoms with Crippen molar-refractivity contribution < 1.29 is 9.53 Å². The fourth-order valence-corrected chi connectivity index (χ4v) is 1.23. The highest BCUT2D eigenvalue weighted by atomic mass is 16.5. The van der Waals surface area contributed by atoms with Crippen LogP contribution in [-0.2, 0) is 9.53 Å². The monoisotopic (exact) mass is 214 g/mol. The average Bonchev–Trinajstić information content (AvgIpc) is 2.87. The molecule has 1 fully saturated rings. The molecule has 15 heavy (non-hydrogen) atoms. The number of unbranched alkanes of at least 4 members (excludes halogenated alkanes) is 2. The number of rotatable bonds is 5. The highest BCUT2D eigenvalue weighted by molar-refractivity contribution is 5.37. The summed E-state index contributed by atoms with van der Waals surface area (Å²) in [6.45, 7) is 8.19. The van der Waals surface area contributed by atoms with Crippen molar-refractivity contribution in [1.29, 1.82) is 0 Å². The molecule has 0 spiro atoms. The van der Waals surface area contributed by atoms with Crippen LogP contribution in [0.5, 0.6) is 0 Å². The van der Waals surface area contributed by atoms with Crippen molar-refractivity contribution in [1.82, 2.24) is 0 Å². The van der Waals surface area contributed by atoms with Crippen LogP contribution >= 0.6 is 0 Å². The SMILES string of the molecule is CC(C)(C)OC=O.CCCCCC1CC1. The van der Waals surface area contributed by atoms with Crippen LogP contribution in [0.25, 0.3) is 0 Å². The van der Waals surface area contributed by atoms with Crippen LogP contribution in [0.3, 0.4) is 0 Å². The Hall–Kier alpha value is -0.530. The molecule has 0 atom stereocenters. The van der Waals surface area contributed by atoms with E-state index in [1.54, 1.807) is 0 Å². The molecule has 0 aromatic rings. The first-order chi connectivity index (χ1) is 6.99. The van der Waals surface area contributed by atoms with Crippen molar-refractivity contribution in [2.45, 2.75) is 71.8 Å². The highest BCUT2D eigenvalue weighted by Gasteiger charge is 2.19. The van der Waals surface area contributed by atoms with E-state index in [2.05, 4.69) is 11.7 Å². The second kappa shape index (κ2) is 7.72. The maximum atomic E-state index is 9.60. The third-order valence-electron chi connectivity index (χ3n) is 2.31. The topological polar surface area (TPSA) is 26.3 Å². The summed E-state index contributed by atoms with van der Waals surface area (Å²) in [4.78, 5) is 9.60. The lowest BCUT2D eigenvalue weighted by Gasteiger charge is -2.14. The molecule has 90 valence electrons. The van der Waals surface area contributed by atoms with Crippen molar-refractivity contribution in [3.8, 4) is 0 Å². The summed E-state index contributed by atoms with van der Waals surface area (Å²) in [5.41, 5.74) is -0.318. The molecular weight excluding hydrogens is 188 g/mol. The zero-order valence-corrected chi connectivity index (χ0v) is 10.7. The molecule has 1 aliphatic rings. The molecule has 0 radical (unpaired) electrons. The summed E-state index contributed by atoms with van der Waals surface area (Å²) in [5.74, 6) is 1.15. The summed E-state index contributed by atoms with van der Waals surface area (Å²) in [5, 5.41) is 0. The summed E-state index contributed by atoms with van der Waals surface area (Å²) < 4.78 is 4.55. The molecule has 1 saturated carbocycles. The molecule has 2 heteroatoms. The highest BCUT2D eigenvalue weighted by Crippen LogP contribution is 2.33. The largest absolute Gasteiger partial charge is 0.462 e. The minimum absolute atomic E-state index is 0.318. The van der Waals surface area contributed by atoms with Gasteiger partial charge in [0.1, 0.15) is 5.60 Å². The molecule has 0 aromatic heterocycles. The number of carbonyl (C=O) groups is 1. The maximum Gasteiger partial charge on any atom is 0.293 e. The molecule has 0 heterocycles. The van der Waals surface area contributed by atoms with Crippen molar-refractivity contribution >= 4 is 6.47 Å². The van der Waals surface area contributed by atoms with Crippen LogP contribution in [0.1, 0.15) is 66.2 Å². The molecule has 0 amide bonds. The summed E-state index contributed by atoms with van der Waals surface area (Å²) in [6.07, 6.45) is 8.91. The molecule has 0 bridgehead atoms. The van der Waals surface area contributed by atoms with Gasteiger partial charge in [0.15, 0.2) is 0 Å². The van der Waals surface area contributed by atoms with Gasteiger partial charge in [-0.15, -0.1) is 0 Å². The van der Waals surface area contributed by atoms with Gasteiger partial charge < -0.3 is 4.74 Å². The maximum absolute atomic E-state index is 9.60. The van der Waals surface area contributed by atoms with Crippen LogP contribution in [0, 0.1) is 5.92 Å². The van der Waals surface area contributed by atoms with E-state index >= 15 is 0 Å². The second-order valence-corrected chi connectivity index (χ2v) is 5.27. The molecule has 0 unspecified atom stereocenters. The standard InChI is InChI=1S/C8H16.C5H10O2/c1-2-3-4-5-8-6-7-8;1-5(2,3)7-4-6/h8H,2-7H2,1H3;4H,1-3H3. The third kappa shape index (κ3) is 13.5. The van der Waals surface area contributed by atoms with Gasteiger partial charge in [-0.1, -0.05) is 45.4 Å². The minimum Gasteiger partial charge on any atom is -0.462 e. The Kier molecular flexibility index (Phi) is 7.45. The quantitative estimate of drug-likeness (QED) is 0.512. The van der Waals surface area contributed by atoms with E-state index in [4.69, 9.17) is 0 Å². The normalized spacial score (nSPS) is 15.2. The predicted octanol–water partition coefficient (Wildman–Crippen LogP) is 3.93. The smallest absolute Gasteiger partial charge is 0.293 e. The van der Waals surface area contributed by atoms with Crippen LogP contribution in [0.2, 0.25) is 0 Å². The Labute approximate surface area is 94.4 Å². The van der Waals surface area contributed by atoms with Crippen LogP contribution in [0.15, 0.2) is 0 Å². The summed E-state index contributed by atoms with van der Waals surface area (Å²) >= 11 is 0. The van der Waals surface area contributed by atoms with E-state index in [-0.39, 0.29) is 5.60 Å². The number of ether oxygens (including phenoxy) is 1. The van der Waals surface area contributed by atoms with Crippen molar-refractivity contribution in [3.05, 3.63) is 0 Å². The Morgan fingerprint density at radius 1 is 1.27 bits per heavy atom. The molecular formula is C13H26O2. The molecule has 0 aromatic carbocycles. The lowest BCUT2D eigenvalue weighted by Crippen LogP contribution is -2.17. The van der Waals surface area contributed by atoms with Gasteiger partial charge in [0.2, 0.25) is 0 Å². The second-order valence-electron chi connectivity index (χ2n) is 5.27. The Balaban J connectivity index is 0.000000265. The zero-order chi connectivity index (χ0) is 11.7. The van der Waals surface area contributed by atoms with Gasteiger partial charge in [-0.3, -0.25) is 4.79 Å². The van der Waals surface area contributed by atoms with Gasteiger partial charge in [-0.05, 0) is 26.7 Å². The van der Waals surface area contributed by atoms with E-state index in [1.807, 2.05) is 20.8 Å². The van der Waals surface area contributed by atoms with Crippen molar-refractivity contribution in [2.75, 3.05) is 0 Å². The minimum atomic E-state index is -0.318. The van der Waals surface area contributed by atoms with Crippen molar-refractivity contribution in [3.63, 3.8) is 0 Å². The molecule has 0 saturated heterocycles. The molecule has 2 nitrogen and oxygen atoms in total. The predicted molar refractivity (Wildman–Crippen MR) is 63.8 cm³/mol. The lowest BCUT2D eigenvalue weighted by molar-refractivity contribution is -0.138. The molecule has 1 aliphatic carbocycles. The van der Waals surface area contributed by atoms with Gasteiger partial charge in [0.05, 0.1) is 0 Å². The fourth-order valence-electron chi connectivity index (χ4n) is 1.23. The average molecular weight is 214 g/mol. The Morgan fingerprint density at radius 2 is 1.87 bits per heavy atom. The van der Waals surface area contributed by atoms with Gasteiger partial charge in [-0.25, -0.2) is 0 Å². The van der Waals surface area contributed by atoms with Gasteiger partial charge in [0.25, 0.3) is 6.47 Å². The Bertz CT molecular complexity index is 154.